The van der Waals surface area contributed by atoms with Crippen molar-refractivity contribution in [3.8, 4) is 0 Å². The Hall–Kier alpha value is -1.19. The molecule has 0 radical (unpaired) electrons. The molecule has 1 aliphatic rings. The van der Waals surface area contributed by atoms with Crippen LogP contribution in [-0.4, -0.2) is 19.0 Å². The third kappa shape index (κ3) is 2.13. The van der Waals surface area contributed by atoms with E-state index in [1.807, 2.05) is 17.5 Å². The Labute approximate surface area is 104 Å². The van der Waals surface area contributed by atoms with Crippen LogP contribution in [0, 0.1) is 5.92 Å². The summed E-state index contributed by atoms with van der Waals surface area (Å²) in [6.45, 7) is 1.55. The molecule has 88 valence electrons. The number of benzene rings is 1. The highest BCUT2D eigenvalue weighted by Crippen LogP contribution is 2.27. The third-order valence-electron chi connectivity index (χ3n) is 3.28. The maximum atomic E-state index is 12.3. The molecule has 0 amide bonds. The van der Waals surface area contributed by atoms with Crippen LogP contribution in [0.3, 0.4) is 0 Å². The molecule has 17 heavy (non-hydrogen) atoms. The first-order valence-electron chi connectivity index (χ1n) is 5.92. The minimum absolute atomic E-state index is 0.258. The van der Waals surface area contributed by atoms with E-state index in [1.54, 1.807) is 11.3 Å². The van der Waals surface area contributed by atoms with Gasteiger partial charge in [-0.1, -0.05) is 12.1 Å². The number of rotatable bonds is 3. The molecule has 2 aromatic rings. The van der Waals surface area contributed by atoms with E-state index in [4.69, 9.17) is 4.74 Å². The lowest BCUT2D eigenvalue weighted by Gasteiger charge is -2.07. The van der Waals surface area contributed by atoms with Gasteiger partial charge in [0.2, 0.25) is 0 Å². The molecule has 1 saturated heterocycles. The lowest BCUT2D eigenvalue weighted by molar-refractivity contribution is 0.0954. The van der Waals surface area contributed by atoms with Gasteiger partial charge in [-0.25, -0.2) is 0 Å². The average molecular weight is 246 g/mol. The standard InChI is InChI=1S/C14H14O2S/c15-13(8-10-4-6-16-9-10)12-3-1-2-11-5-7-17-14(11)12/h1-3,5,7,10H,4,6,8-9H2. The minimum atomic E-state index is 0.258. The quantitative estimate of drug-likeness (QED) is 0.775. The Kier molecular flexibility index (Phi) is 2.95. The molecule has 1 atom stereocenters. The maximum Gasteiger partial charge on any atom is 0.164 e. The number of ether oxygens (including phenoxy) is 1. The number of carbonyl (C=O) groups excluding carboxylic acids is 1. The van der Waals surface area contributed by atoms with Crippen molar-refractivity contribution in [1.82, 2.24) is 0 Å². The normalized spacial score (nSPS) is 19.9. The van der Waals surface area contributed by atoms with Gasteiger partial charge in [-0.2, -0.15) is 0 Å². The van der Waals surface area contributed by atoms with Crippen molar-refractivity contribution in [1.29, 1.82) is 0 Å². The number of fused-ring (bicyclic) bond motifs is 1. The summed E-state index contributed by atoms with van der Waals surface area (Å²) in [7, 11) is 0. The molecule has 3 heteroatoms. The zero-order valence-electron chi connectivity index (χ0n) is 9.52. The lowest BCUT2D eigenvalue weighted by Crippen LogP contribution is -2.08. The highest BCUT2D eigenvalue weighted by Gasteiger charge is 2.21. The first kappa shape index (κ1) is 10.9. The van der Waals surface area contributed by atoms with E-state index in [2.05, 4.69) is 12.1 Å². The van der Waals surface area contributed by atoms with Gasteiger partial charge in [-0.3, -0.25) is 4.79 Å². The zero-order valence-corrected chi connectivity index (χ0v) is 10.3. The number of carbonyl (C=O) groups is 1. The summed E-state index contributed by atoms with van der Waals surface area (Å²) >= 11 is 1.65. The Bertz CT molecular complexity index is 538. The molecule has 0 spiro atoms. The highest BCUT2D eigenvalue weighted by atomic mass is 32.1. The first-order chi connectivity index (χ1) is 8.34. The van der Waals surface area contributed by atoms with Crippen LogP contribution in [0.4, 0.5) is 0 Å². The van der Waals surface area contributed by atoms with Crippen LogP contribution in [-0.2, 0) is 4.74 Å². The molecule has 0 bridgehead atoms. The molecule has 1 aromatic heterocycles. The van der Waals surface area contributed by atoms with E-state index in [0.717, 1.165) is 29.9 Å². The second kappa shape index (κ2) is 4.59. The molecule has 1 aromatic carbocycles. The summed E-state index contributed by atoms with van der Waals surface area (Å²) < 4.78 is 6.44. The van der Waals surface area contributed by atoms with Gasteiger partial charge in [0, 0.05) is 29.9 Å². The van der Waals surface area contributed by atoms with Crippen LogP contribution in [0.5, 0.6) is 0 Å². The van der Waals surface area contributed by atoms with E-state index < -0.39 is 0 Å². The van der Waals surface area contributed by atoms with E-state index in [9.17, 15) is 4.79 Å². The van der Waals surface area contributed by atoms with Gasteiger partial charge < -0.3 is 4.74 Å². The number of hydrogen-bond donors (Lipinski definition) is 0. The van der Waals surface area contributed by atoms with Crippen molar-refractivity contribution >= 4 is 27.2 Å². The van der Waals surface area contributed by atoms with Crippen molar-refractivity contribution in [2.75, 3.05) is 13.2 Å². The van der Waals surface area contributed by atoms with Crippen LogP contribution < -0.4 is 0 Å². The van der Waals surface area contributed by atoms with Crippen LogP contribution in [0.2, 0.25) is 0 Å². The molecule has 1 aliphatic heterocycles. The van der Waals surface area contributed by atoms with Gasteiger partial charge in [0.15, 0.2) is 5.78 Å². The number of hydrogen-bond acceptors (Lipinski definition) is 3. The molecular weight excluding hydrogens is 232 g/mol. The van der Waals surface area contributed by atoms with Gasteiger partial charge >= 0.3 is 0 Å². The molecular formula is C14H14O2S. The average Bonchev–Trinajstić information content (AvgIpc) is 2.97. The summed E-state index contributed by atoms with van der Waals surface area (Å²) in [4.78, 5) is 12.3. The lowest BCUT2D eigenvalue weighted by atomic mass is 9.97. The van der Waals surface area contributed by atoms with Crippen LogP contribution >= 0.6 is 11.3 Å². The summed E-state index contributed by atoms with van der Waals surface area (Å²) in [6.07, 6.45) is 1.64. The van der Waals surface area contributed by atoms with E-state index >= 15 is 0 Å². The van der Waals surface area contributed by atoms with Crippen LogP contribution in [0.15, 0.2) is 29.6 Å². The van der Waals surface area contributed by atoms with Crippen LogP contribution in [0.1, 0.15) is 23.2 Å². The fourth-order valence-electron chi connectivity index (χ4n) is 2.33. The first-order valence-corrected chi connectivity index (χ1v) is 6.80. The Morgan fingerprint density at radius 3 is 3.18 bits per heavy atom. The maximum absolute atomic E-state index is 12.3. The van der Waals surface area contributed by atoms with Gasteiger partial charge in [-0.05, 0) is 35.2 Å². The predicted octanol–water partition coefficient (Wildman–Crippen LogP) is 3.51. The fraction of sp³-hybridized carbons (Fsp3) is 0.357. The monoisotopic (exact) mass is 246 g/mol. The molecule has 0 N–H and O–H groups in total. The second-order valence-electron chi connectivity index (χ2n) is 4.50. The van der Waals surface area contributed by atoms with Crippen molar-refractivity contribution in [3.63, 3.8) is 0 Å². The van der Waals surface area contributed by atoms with Crippen molar-refractivity contribution in [2.24, 2.45) is 5.92 Å². The molecule has 0 aliphatic carbocycles. The summed E-state index contributed by atoms with van der Waals surface area (Å²) in [6, 6.07) is 8.03. The Morgan fingerprint density at radius 1 is 1.41 bits per heavy atom. The molecule has 1 fully saturated rings. The largest absolute Gasteiger partial charge is 0.381 e. The third-order valence-corrected chi connectivity index (χ3v) is 4.24. The summed E-state index contributed by atoms with van der Waals surface area (Å²) in [5.41, 5.74) is 0.879. The van der Waals surface area contributed by atoms with Gasteiger partial charge in [-0.15, -0.1) is 11.3 Å². The van der Waals surface area contributed by atoms with E-state index in [1.165, 1.54) is 5.39 Å². The SMILES string of the molecule is O=C(CC1CCOC1)c1cccc2ccsc12. The minimum Gasteiger partial charge on any atom is -0.381 e. The summed E-state index contributed by atoms with van der Waals surface area (Å²) in [5, 5.41) is 3.21. The van der Waals surface area contributed by atoms with Gasteiger partial charge in [0.1, 0.15) is 0 Å². The fourth-order valence-corrected chi connectivity index (χ4v) is 3.26. The van der Waals surface area contributed by atoms with E-state index in [-0.39, 0.29) is 5.78 Å². The number of ketones is 1. The molecule has 1 unspecified atom stereocenters. The van der Waals surface area contributed by atoms with E-state index in [0.29, 0.717) is 12.3 Å². The van der Waals surface area contributed by atoms with Crippen molar-refractivity contribution < 1.29 is 9.53 Å². The predicted molar refractivity (Wildman–Crippen MR) is 69.7 cm³/mol. The summed E-state index contributed by atoms with van der Waals surface area (Å²) in [5.74, 6) is 0.672. The molecule has 2 nitrogen and oxygen atoms in total. The van der Waals surface area contributed by atoms with Crippen molar-refractivity contribution in [2.45, 2.75) is 12.8 Å². The van der Waals surface area contributed by atoms with Gasteiger partial charge in [0.25, 0.3) is 0 Å². The smallest absolute Gasteiger partial charge is 0.164 e. The number of Topliss-reactive ketones (excluding diaryl/α,β-unsaturated/α-hetero) is 1. The molecule has 0 saturated carbocycles. The molecule has 3 rings (SSSR count). The second-order valence-corrected chi connectivity index (χ2v) is 5.42. The highest BCUT2D eigenvalue weighted by molar-refractivity contribution is 7.17. The topological polar surface area (TPSA) is 26.3 Å². The van der Waals surface area contributed by atoms with Crippen molar-refractivity contribution in [3.05, 3.63) is 35.2 Å². The molecule has 2 heterocycles. The van der Waals surface area contributed by atoms with Crippen LogP contribution in [0.25, 0.3) is 10.1 Å². The van der Waals surface area contributed by atoms with Gasteiger partial charge in [0.05, 0.1) is 0 Å². The Balaban J connectivity index is 1.87. The Morgan fingerprint density at radius 2 is 2.35 bits per heavy atom. The zero-order chi connectivity index (χ0) is 11.7. The number of thiophene rings is 1.